The number of nitrogens with zero attached hydrogens (tertiary/aromatic N) is 1. The predicted octanol–water partition coefficient (Wildman–Crippen LogP) is 5.42. The molecule has 1 aliphatic heterocycles. The summed E-state index contributed by atoms with van der Waals surface area (Å²) in [5.74, 6) is 0. The zero-order valence-electron chi connectivity index (χ0n) is 15.2. The first-order chi connectivity index (χ1) is 13.8. The summed E-state index contributed by atoms with van der Waals surface area (Å²) in [5.41, 5.74) is 3.21. The number of benzene rings is 3. The summed E-state index contributed by atoms with van der Waals surface area (Å²) in [6.07, 6.45) is 2.13. The summed E-state index contributed by atoms with van der Waals surface area (Å²) in [4.78, 5) is 19.5. The molecule has 0 saturated carbocycles. The fourth-order valence-corrected chi connectivity index (χ4v) is 3.81. The molecular weight excluding hydrogens is 350 g/mol. The summed E-state index contributed by atoms with van der Waals surface area (Å²) < 4.78 is 5.78. The minimum atomic E-state index is -0.228. The van der Waals surface area contributed by atoms with E-state index in [0.29, 0.717) is 23.0 Å². The first-order valence-corrected chi connectivity index (χ1v) is 9.38. The van der Waals surface area contributed by atoms with Crippen LogP contribution in [0.2, 0.25) is 0 Å². The molecule has 1 aliphatic rings. The molecule has 4 aromatic rings. The van der Waals surface area contributed by atoms with Crippen LogP contribution in [-0.4, -0.2) is 0 Å². The van der Waals surface area contributed by atoms with E-state index in [1.54, 1.807) is 6.26 Å². The molecule has 2 heterocycles. The zero-order valence-corrected chi connectivity index (χ0v) is 15.2. The topological polar surface area (TPSA) is 42.7 Å². The van der Waals surface area contributed by atoms with Gasteiger partial charge in [-0.05, 0) is 29.8 Å². The molecule has 1 aromatic heterocycles. The van der Waals surface area contributed by atoms with Gasteiger partial charge in [0, 0.05) is 6.42 Å². The molecule has 0 bridgehead atoms. The maximum absolute atomic E-state index is 13.2. The van der Waals surface area contributed by atoms with Gasteiger partial charge in [-0.15, -0.1) is 0 Å². The van der Waals surface area contributed by atoms with Crippen LogP contribution in [0, 0.1) is 0 Å². The van der Waals surface area contributed by atoms with Crippen molar-refractivity contribution in [2.45, 2.75) is 18.6 Å². The molecule has 138 valence electrons. The molecule has 0 unspecified atom stereocenters. The van der Waals surface area contributed by atoms with Crippen LogP contribution in [0.25, 0.3) is 11.0 Å². The molecule has 3 aromatic carbocycles. The Kier molecular flexibility index (Phi) is 4.18. The molecule has 0 N–H and O–H groups in total. The Morgan fingerprint density at radius 3 is 2.29 bits per heavy atom. The average molecular weight is 369 g/mol. The van der Waals surface area contributed by atoms with Gasteiger partial charge in [-0.25, -0.2) is 5.06 Å². The lowest BCUT2D eigenvalue weighted by Crippen LogP contribution is -2.25. The zero-order chi connectivity index (χ0) is 18.9. The highest BCUT2D eigenvalue weighted by atomic mass is 16.7. The third kappa shape index (κ3) is 2.88. The van der Waals surface area contributed by atoms with Gasteiger partial charge in [0.1, 0.15) is 18.0 Å². The maximum Gasteiger partial charge on any atom is 0.198 e. The average Bonchev–Trinajstić information content (AvgIpc) is 3.21. The van der Waals surface area contributed by atoms with Crippen LogP contribution in [0.3, 0.4) is 0 Å². The number of hydrogen-bond donors (Lipinski definition) is 0. The molecular formula is C24H19NO3. The van der Waals surface area contributed by atoms with Crippen LogP contribution in [0.1, 0.15) is 29.7 Å². The van der Waals surface area contributed by atoms with E-state index in [-0.39, 0.29) is 17.6 Å². The van der Waals surface area contributed by atoms with Gasteiger partial charge in [0.05, 0.1) is 22.7 Å². The fraction of sp³-hybridized carbons (Fsp3) is 0.125. The van der Waals surface area contributed by atoms with Crippen LogP contribution in [0.15, 0.2) is 100 Å². The van der Waals surface area contributed by atoms with E-state index < -0.39 is 0 Å². The summed E-state index contributed by atoms with van der Waals surface area (Å²) in [5, 5.41) is 2.44. The van der Waals surface area contributed by atoms with Crippen molar-refractivity contribution in [2.75, 3.05) is 5.06 Å². The van der Waals surface area contributed by atoms with Gasteiger partial charge in [0.2, 0.25) is 0 Å². The third-order valence-electron chi connectivity index (χ3n) is 5.21. The lowest BCUT2D eigenvalue weighted by molar-refractivity contribution is 0.0835. The quantitative estimate of drug-likeness (QED) is 0.484. The Balaban J connectivity index is 1.61. The Morgan fingerprint density at radius 1 is 0.821 bits per heavy atom. The molecule has 2 atom stereocenters. The SMILES string of the molecule is O=c1c([C@@H]2C[C@H](c3ccccc3)ON2c2ccccc2)coc2ccccc12. The molecule has 5 rings (SSSR count). The molecule has 0 amide bonds. The smallest absolute Gasteiger partial charge is 0.198 e. The Hall–Kier alpha value is -3.37. The van der Waals surface area contributed by atoms with Crippen LogP contribution in [0.5, 0.6) is 0 Å². The van der Waals surface area contributed by atoms with Gasteiger partial charge in [-0.2, -0.15) is 0 Å². The van der Waals surface area contributed by atoms with Crippen molar-refractivity contribution < 1.29 is 9.25 Å². The molecule has 1 saturated heterocycles. The van der Waals surface area contributed by atoms with Crippen molar-refractivity contribution in [2.24, 2.45) is 0 Å². The van der Waals surface area contributed by atoms with E-state index >= 15 is 0 Å². The van der Waals surface area contributed by atoms with E-state index in [1.807, 2.05) is 77.9 Å². The van der Waals surface area contributed by atoms with E-state index in [2.05, 4.69) is 12.1 Å². The number of hydrogen-bond acceptors (Lipinski definition) is 4. The van der Waals surface area contributed by atoms with Gasteiger partial charge in [-0.3, -0.25) is 9.63 Å². The summed E-state index contributed by atoms with van der Waals surface area (Å²) in [6.45, 7) is 0. The van der Waals surface area contributed by atoms with Crippen molar-refractivity contribution in [3.63, 3.8) is 0 Å². The summed E-state index contributed by atoms with van der Waals surface area (Å²) in [6, 6.07) is 27.1. The number of fused-ring (bicyclic) bond motifs is 1. The van der Waals surface area contributed by atoms with Crippen molar-refractivity contribution in [3.05, 3.63) is 113 Å². The summed E-state index contributed by atoms with van der Waals surface area (Å²) >= 11 is 0. The molecule has 28 heavy (non-hydrogen) atoms. The first-order valence-electron chi connectivity index (χ1n) is 9.38. The van der Waals surface area contributed by atoms with Crippen molar-refractivity contribution in [1.82, 2.24) is 0 Å². The number of para-hydroxylation sites is 2. The number of hydroxylamine groups is 1. The first kappa shape index (κ1) is 16.8. The van der Waals surface area contributed by atoms with Gasteiger partial charge >= 0.3 is 0 Å². The normalized spacial score (nSPS) is 19.2. The molecule has 0 aliphatic carbocycles. The monoisotopic (exact) mass is 369 g/mol. The van der Waals surface area contributed by atoms with Crippen molar-refractivity contribution in [1.29, 1.82) is 0 Å². The van der Waals surface area contributed by atoms with Crippen LogP contribution >= 0.6 is 0 Å². The highest BCUT2D eigenvalue weighted by Crippen LogP contribution is 2.43. The Morgan fingerprint density at radius 2 is 1.50 bits per heavy atom. The highest BCUT2D eigenvalue weighted by Gasteiger charge is 2.37. The number of rotatable bonds is 3. The van der Waals surface area contributed by atoms with Gasteiger partial charge in [-0.1, -0.05) is 60.7 Å². The van der Waals surface area contributed by atoms with Crippen molar-refractivity contribution >= 4 is 16.7 Å². The maximum atomic E-state index is 13.2. The van der Waals surface area contributed by atoms with E-state index in [0.717, 1.165) is 11.3 Å². The molecule has 4 heteroatoms. The molecule has 0 radical (unpaired) electrons. The van der Waals surface area contributed by atoms with Gasteiger partial charge < -0.3 is 4.42 Å². The van der Waals surface area contributed by atoms with Gasteiger partial charge in [0.25, 0.3) is 0 Å². The largest absolute Gasteiger partial charge is 0.464 e. The minimum Gasteiger partial charge on any atom is -0.464 e. The van der Waals surface area contributed by atoms with Crippen LogP contribution < -0.4 is 10.5 Å². The lowest BCUT2D eigenvalue weighted by Gasteiger charge is -2.24. The lowest BCUT2D eigenvalue weighted by atomic mass is 9.98. The molecule has 1 fully saturated rings. The summed E-state index contributed by atoms with van der Waals surface area (Å²) in [7, 11) is 0. The van der Waals surface area contributed by atoms with Gasteiger partial charge in [0.15, 0.2) is 5.43 Å². The second-order valence-electron chi connectivity index (χ2n) is 6.93. The van der Waals surface area contributed by atoms with E-state index in [9.17, 15) is 4.79 Å². The Bertz CT molecular complexity index is 1150. The second kappa shape index (κ2) is 6.98. The van der Waals surface area contributed by atoms with Crippen molar-refractivity contribution in [3.8, 4) is 0 Å². The molecule has 0 spiro atoms. The predicted molar refractivity (Wildman–Crippen MR) is 109 cm³/mol. The fourth-order valence-electron chi connectivity index (χ4n) is 3.81. The van der Waals surface area contributed by atoms with E-state index in [4.69, 9.17) is 9.25 Å². The van der Waals surface area contributed by atoms with E-state index in [1.165, 1.54) is 0 Å². The standard InChI is InChI=1S/C24H19NO3/c26-24-19-13-7-8-14-22(19)27-16-20(24)21-15-23(17-9-3-1-4-10-17)28-25(21)18-11-5-2-6-12-18/h1-14,16,21,23H,15H2/t21-,23+/m0/s1. The molecule has 4 nitrogen and oxygen atoms in total. The third-order valence-corrected chi connectivity index (χ3v) is 5.21. The Labute approximate surface area is 162 Å². The minimum absolute atomic E-state index is 0.00917. The van der Waals surface area contributed by atoms with Crippen LogP contribution in [-0.2, 0) is 4.84 Å². The second-order valence-corrected chi connectivity index (χ2v) is 6.93. The number of anilines is 1. The van der Waals surface area contributed by atoms with Crippen LogP contribution in [0.4, 0.5) is 5.69 Å². The highest BCUT2D eigenvalue weighted by molar-refractivity contribution is 5.76.